The van der Waals surface area contributed by atoms with Crippen LogP contribution in [0.15, 0.2) is 96.1 Å². The van der Waals surface area contributed by atoms with E-state index in [0.717, 1.165) is 25.7 Å². The van der Waals surface area contributed by atoms with Gasteiger partial charge >= 0.3 is 315 Å². The van der Waals surface area contributed by atoms with Gasteiger partial charge in [-0.2, -0.15) is 0 Å². The minimum absolute atomic E-state index is 0.112. The first-order valence-electron chi connectivity index (χ1n) is 19.0. The molecule has 4 aromatic carbocycles. The molecule has 0 aliphatic heterocycles. The fourth-order valence-corrected chi connectivity index (χ4v) is 40.4. The van der Waals surface area contributed by atoms with Crippen LogP contribution in [0, 0.1) is 0 Å². The number of allylic oxidation sites excluding steroid dienone is 2. The van der Waals surface area contributed by atoms with Crippen molar-refractivity contribution in [2.24, 2.45) is 0 Å². The predicted octanol–water partition coefficient (Wildman–Crippen LogP) is 14.8. The molecule has 0 heterocycles. The molecule has 0 saturated carbocycles. The van der Waals surface area contributed by atoms with Crippen molar-refractivity contribution < 1.29 is 15.6 Å². The Morgan fingerprint density at radius 2 is 0.920 bits per heavy atom. The molecule has 0 aromatic heterocycles. The zero-order valence-electron chi connectivity index (χ0n) is 32.1. The molecule has 2 unspecified atom stereocenters. The second-order valence-corrected chi connectivity index (χ2v) is 60.0. The van der Waals surface area contributed by atoms with Crippen molar-refractivity contribution in [3.8, 4) is 22.3 Å². The van der Waals surface area contributed by atoms with Gasteiger partial charge in [0.25, 0.3) is 0 Å². The van der Waals surface area contributed by atoms with Crippen LogP contribution in [0.4, 0.5) is 0 Å². The molecule has 0 radical (unpaired) electrons. The van der Waals surface area contributed by atoms with Gasteiger partial charge in [-0.15, -0.1) is 0 Å². The van der Waals surface area contributed by atoms with Crippen LogP contribution in [0.25, 0.3) is 34.4 Å². The standard InChI is InChI=1S/2C22H25.C2H7Si.2ClH.Zr/c2*1-5-7-16-14-18-8-6-9-20(21(18)15-16)17-10-12-19(13-11-17)22(2,3)4;1-3-2;;;/h2*6,8-15H,5,7H2,1-4H3;3H,1-2H3;2*1H;/q;;;;;+2/p-2. The van der Waals surface area contributed by atoms with Crippen molar-refractivity contribution >= 4 is 35.1 Å². The van der Waals surface area contributed by atoms with E-state index in [1.165, 1.54) is 66.8 Å². The molecule has 0 N–H and O–H groups in total. The van der Waals surface area contributed by atoms with Gasteiger partial charge in [-0.3, -0.25) is 0 Å². The SMILES string of the molecule is CCCC1=Cc2c(-c3ccc(C(C)(C)C)cc3)cccc2[CH]1[Zr]([Cl])([Cl])([CH]1C(CCC)=Cc2c(-c3ccc(C(C)(C)C)cc3)cccc21)[SiH](C)C. The zero-order valence-corrected chi connectivity index (χ0v) is 37.2. The number of hydrogen-bond acceptors (Lipinski definition) is 0. The van der Waals surface area contributed by atoms with E-state index in [1.54, 1.807) is 0 Å². The van der Waals surface area contributed by atoms with E-state index in [0.29, 0.717) is 0 Å². The average molecular weight is 800 g/mol. The molecule has 0 saturated heterocycles. The summed E-state index contributed by atoms with van der Waals surface area (Å²) in [5, 5.41) is 0. The van der Waals surface area contributed by atoms with E-state index >= 15 is 0 Å². The fraction of sp³-hybridized carbons (Fsp3) is 0.391. The third kappa shape index (κ3) is 6.48. The van der Waals surface area contributed by atoms with Crippen LogP contribution in [0.2, 0.25) is 13.1 Å². The number of halogens is 2. The third-order valence-electron chi connectivity index (χ3n) is 11.7. The molecule has 2 aliphatic carbocycles. The van der Waals surface area contributed by atoms with Gasteiger partial charge in [0, 0.05) is 0 Å². The van der Waals surface area contributed by atoms with Crippen LogP contribution in [0.5, 0.6) is 0 Å². The van der Waals surface area contributed by atoms with E-state index < -0.39 is 21.5 Å². The van der Waals surface area contributed by atoms with E-state index in [1.807, 2.05) is 0 Å². The first kappa shape index (κ1) is 37.8. The summed E-state index contributed by atoms with van der Waals surface area (Å²) in [4.78, 5) is 0. The monoisotopic (exact) mass is 797 g/mol. The Balaban J connectivity index is 1.54. The van der Waals surface area contributed by atoms with Crippen molar-refractivity contribution in [1.82, 2.24) is 0 Å². The number of hydrogen-bond donors (Lipinski definition) is 0. The molecule has 4 aromatic rings. The normalized spacial score (nSPS) is 18.4. The molecule has 0 amide bonds. The van der Waals surface area contributed by atoms with E-state index in [4.69, 9.17) is 17.0 Å². The molecule has 0 spiro atoms. The second kappa shape index (κ2) is 13.8. The van der Waals surface area contributed by atoms with Crippen LogP contribution in [0.1, 0.15) is 122 Å². The molecule has 0 nitrogen and oxygen atoms in total. The minimum atomic E-state index is -4.85. The molecular formula is C46H57Cl2SiZr. The summed E-state index contributed by atoms with van der Waals surface area (Å²) >= 11 is -4.85. The molecule has 2 atom stereocenters. The van der Waals surface area contributed by atoms with E-state index in [2.05, 4.69) is 166 Å². The maximum absolute atomic E-state index is 8.75. The van der Waals surface area contributed by atoms with Gasteiger partial charge in [-0.25, -0.2) is 0 Å². The number of fused-ring (bicyclic) bond motifs is 2. The van der Waals surface area contributed by atoms with Crippen molar-refractivity contribution in [2.75, 3.05) is 0 Å². The average Bonchev–Trinajstić information content (AvgIpc) is 3.63. The molecular weight excluding hydrogens is 743 g/mol. The van der Waals surface area contributed by atoms with Crippen molar-refractivity contribution in [3.63, 3.8) is 0 Å². The Bertz CT molecular complexity index is 1810. The maximum atomic E-state index is 8.75. The molecule has 263 valence electrons. The summed E-state index contributed by atoms with van der Waals surface area (Å²) in [5.74, 6) is -1.64. The van der Waals surface area contributed by atoms with Gasteiger partial charge in [0.15, 0.2) is 0 Å². The Kier molecular flexibility index (Phi) is 10.4. The third-order valence-corrected chi connectivity index (χ3v) is 63.6. The first-order valence-corrected chi connectivity index (χ1v) is 35.3. The van der Waals surface area contributed by atoms with Crippen LogP contribution in [0.3, 0.4) is 0 Å². The summed E-state index contributed by atoms with van der Waals surface area (Å²) < 4.78 is 0.224. The predicted molar refractivity (Wildman–Crippen MR) is 223 cm³/mol. The van der Waals surface area contributed by atoms with Gasteiger partial charge in [0.05, 0.1) is 0 Å². The Morgan fingerprint density at radius 1 is 0.560 bits per heavy atom. The van der Waals surface area contributed by atoms with E-state index in [-0.39, 0.29) is 18.1 Å². The number of rotatable bonds is 9. The van der Waals surface area contributed by atoms with Crippen LogP contribution in [-0.2, 0) is 26.4 Å². The van der Waals surface area contributed by atoms with Gasteiger partial charge in [-0.05, 0) is 0 Å². The molecule has 0 bridgehead atoms. The molecule has 50 heavy (non-hydrogen) atoms. The quantitative estimate of drug-likeness (QED) is 0.148. The van der Waals surface area contributed by atoms with E-state index in [9.17, 15) is 0 Å². The van der Waals surface area contributed by atoms with Crippen molar-refractivity contribution in [1.29, 1.82) is 0 Å². The van der Waals surface area contributed by atoms with Gasteiger partial charge in [0.1, 0.15) is 0 Å². The molecule has 2 aliphatic rings. The van der Waals surface area contributed by atoms with Crippen LogP contribution >= 0.6 is 17.0 Å². The van der Waals surface area contributed by atoms with Crippen molar-refractivity contribution in [3.05, 3.63) is 129 Å². The first-order chi connectivity index (χ1) is 23.5. The van der Waals surface area contributed by atoms with Gasteiger partial charge in [0.2, 0.25) is 0 Å². The van der Waals surface area contributed by atoms with Crippen LogP contribution in [-0.4, -0.2) is 5.92 Å². The summed E-state index contributed by atoms with van der Waals surface area (Å²) in [6.45, 7) is 23.2. The summed E-state index contributed by atoms with van der Waals surface area (Å²) in [5.41, 5.74) is 16.4. The van der Waals surface area contributed by atoms with Gasteiger partial charge < -0.3 is 0 Å². The Morgan fingerprint density at radius 3 is 1.22 bits per heavy atom. The summed E-state index contributed by atoms with van der Waals surface area (Å²) in [6.07, 6.45) is 9.24. The second-order valence-electron chi connectivity index (χ2n) is 17.5. The van der Waals surface area contributed by atoms with Crippen molar-refractivity contribution in [2.45, 2.75) is 112 Å². The molecule has 6 rings (SSSR count). The number of benzene rings is 4. The van der Waals surface area contributed by atoms with Gasteiger partial charge in [-0.1, -0.05) is 0 Å². The Labute approximate surface area is 312 Å². The summed E-state index contributed by atoms with van der Waals surface area (Å²) in [6, 6.07) is 32.3. The fourth-order valence-electron chi connectivity index (χ4n) is 8.88. The molecule has 4 heteroatoms. The topological polar surface area (TPSA) is 0 Å². The zero-order chi connectivity index (χ0) is 36.2. The Hall–Kier alpha value is -1.96. The summed E-state index contributed by atoms with van der Waals surface area (Å²) in [7, 11) is 17.5. The van der Waals surface area contributed by atoms with Crippen LogP contribution < -0.4 is 0 Å². The molecule has 0 fully saturated rings.